The molecule has 0 unspecified atom stereocenters. The van der Waals surface area contributed by atoms with E-state index in [1.165, 1.54) is 6.07 Å². The normalized spacial score (nSPS) is 13.0. The summed E-state index contributed by atoms with van der Waals surface area (Å²) in [6.07, 6.45) is 0. The summed E-state index contributed by atoms with van der Waals surface area (Å²) < 4.78 is 38.2. The van der Waals surface area contributed by atoms with Gasteiger partial charge in [-0.2, -0.15) is 0 Å². The molecule has 0 aliphatic heterocycles. The summed E-state index contributed by atoms with van der Waals surface area (Å²) in [5.41, 5.74) is 0.126. The molecule has 4 heteroatoms. The van der Waals surface area contributed by atoms with Gasteiger partial charge in [-0.15, -0.1) is 0 Å². The summed E-state index contributed by atoms with van der Waals surface area (Å²) in [5.74, 6) is -3.70. The Morgan fingerprint density at radius 2 is 1.77 bits per heavy atom. The second-order valence-corrected chi connectivity index (χ2v) is 2.77. The Morgan fingerprint density at radius 3 is 2.31 bits per heavy atom. The minimum absolute atomic E-state index is 0.126. The summed E-state index contributed by atoms with van der Waals surface area (Å²) in [5, 5.41) is 2.74. The van der Waals surface area contributed by atoms with Crippen LogP contribution >= 0.6 is 0 Å². The molecular weight excluding hydrogens is 179 g/mol. The summed E-state index contributed by atoms with van der Waals surface area (Å²) in [6, 6.07) is 1.81. The Labute approximate surface area is 74.6 Å². The van der Waals surface area contributed by atoms with Crippen LogP contribution in [0, 0.1) is 17.5 Å². The Balaban J connectivity index is 3.18. The van der Waals surface area contributed by atoms with E-state index in [1.54, 1.807) is 14.0 Å². The average Bonchev–Trinajstić information content (AvgIpc) is 2.13. The van der Waals surface area contributed by atoms with Crippen LogP contribution in [0.1, 0.15) is 18.5 Å². The third-order valence-electron chi connectivity index (χ3n) is 1.96. The van der Waals surface area contributed by atoms with Crippen molar-refractivity contribution in [2.24, 2.45) is 0 Å². The van der Waals surface area contributed by atoms with Crippen molar-refractivity contribution in [3.8, 4) is 0 Å². The van der Waals surface area contributed by atoms with Crippen molar-refractivity contribution in [2.45, 2.75) is 13.0 Å². The van der Waals surface area contributed by atoms with E-state index in [-0.39, 0.29) is 11.6 Å². The second kappa shape index (κ2) is 3.79. The highest BCUT2D eigenvalue weighted by Gasteiger charge is 2.16. The molecule has 0 heterocycles. The van der Waals surface area contributed by atoms with E-state index in [1.807, 2.05) is 0 Å². The van der Waals surface area contributed by atoms with Crippen molar-refractivity contribution in [1.29, 1.82) is 0 Å². The zero-order chi connectivity index (χ0) is 10.0. The predicted octanol–water partition coefficient (Wildman–Crippen LogP) is 2.38. The molecule has 1 aromatic rings. The first-order chi connectivity index (χ1) is 6.07. The highest BCUT2D eigenvalue weighted by atomic mass is 19.2. The van der Waals surface area contributed by atoms with Crippen molar-refractivity contribution in [2.75, 3.05) is 7.05 Å². The van der Waals surface area contributed by atoms with E-state index >= 15 is 0 Å². The lowest BCUT2D eigenvalue weighted by Crippen LogP contribution is -2.15. The van der Waals surface area contributed by atoms with Crippen LogP contribution in [-0.2, 0) is 0 Å². The number of nitrogens with one attached hydrogen (secondary N) is 1. The monoisotopic (exact) mass is 189 g/mol. The summed E-state index contributed by atoms with van der Waals surface area (Å²) in [7, 11) is 1.62. The molecule has 13 heavy (non-hydrogen) atoms. The first-order valence-corrected chi connectivity index (χ1v) is 3.88. The maximum Gasteiger partial charge on any atom is 0.194 e. The van der Waals surface area contributed by atoms with E-state index in [9.17, 15) is 13.2 Å². The zero-order valence-corrected chi connectivity index (χ0v) is 7.37. The second-order valence-electron chi connectivity index (χ2n) is 2.77. The maximum absolute atomic E-state index is 13.0. The molecule has 1 N–H and O–H groups in total. The quantitative estimate of drug-likeness (QED) is 0.704. The minimum atomic E-state index is -1.42. The van der Waals surface area contributed by atoms with Gasteiger partial charge in [0.1, 0.15) is 0 Å². The Bertz CT molecular complexity index is 312. The van der Waals surface area contributed by atoms with Gasteiger partial charge in [0, 0.05) is 11.6 Å². The third-order valence-corrected chi connectivity index (χ3v) is 1.96. The first kappa shape index (κ1) is 10.1. The third kappa shape index (κ3) is 1.83. The molecule has 0 aromatic heterocycles. The van der Waals surface area contributed by atoms with Crippen LogP contribution in [0.2, 0.25) is 0 Å². The van der Waals surface area contributed by atoms with Crippen LogP contribution in [0.4, 0.5) is 13.2 Å². The smallest absolute Gasteiger partial charge is 0.194 e. The van der Waals surface area contributed by atoms with Crippen LogP contribution in [0.5, 0.6) is 0 Å². The van der Waals surface area contributed by atoms with Gasteiger partial charge in [-0.05, 0) is 20.0 Å². The molecule has 0 saturated carbocycles. The Hall–Kier alpha value is -1.03. The molecule has 0 bridgehead atoms. The Kier molecular flexibility index (Phi) is 2.93. The highest BCUT2D eigenvalue weighted by Crippen LogP contribution is 2.20. The van der Waals surface area contributed by atoms with Gasteiger partial charge < -0.3 is 5.32 Å². The number of hydrogen-bond acceptors (Lipinski definition) is 1. The van der Waals surface area contributed by atoms with Gasteiger partial charge in [0.2, 0.25) is 0 Å². The summed E-state index contributed by atoms with van der Waals surface area (Å²) in [6.45, 7) is 1.66. The fourth-order valence-corrected chi connectivity index (χ4v) is 1.03. The lowest BCUT2D eigenvalue weighted by atomic mass is 10.1. The van der Waals surface area contributed by atoms with E-state index < -0.39 is 17.5 Å². The van der Waals surface area contributed by atoms with Gasteiger partial charge in [0.15, 0.2) is 17.5 Å². The van der Waals surface area contributed by atoms with Crippen LogP contribution in [-0.4, -0.2) is 7.05 Å². The molecule has 1 rings (SSSR count). The topological polar surface area (TPSA) is 12.0 Å². The fraction of sp³-hybridized carbons (Fsp3) is 0.333. The first-order valence-electron chi connectivity index (χ1n) is 3.88. The van der Waals surface area contributed by atoms with Crippen molar-refractivity contribution < 1.29 is 13.2 Å². The minimum Gasteiger partial charge on any atom is -0.313 e. The van der Waals surface area contributed by atoms with E-state index in [0.29, 0.717) is 0 Å². The van der Waals surface area contributed by atoms with Gasteiger partial charge in [0.25, 0.3) is 0 Å². The lowest BCUT2D eigenvalue weighted by Gasteiger charge is -2.11. The van der Waals surface area contributed by atoms with E-state index in [0.717, 1.165) is 6.07 Å². The molecular formula is C9H10F3N. The molecule has 1 aromatic carbocycles. The molecule has 0 spiro atoms. The van der Waals surface area contributed by atoms with Gasteiger partial charge in [-0.25, -0.2) is 13.2 Å². The fourth-order valence-electron chi connectivity index (χ4n) is 1.03. The predicted molar refractivity (Wildman–Crippen MR) is 43.8 cm³/mol. The van der Waals surface area contributed by atoms with Crippen molar-refractivity contribution in [1.82, 2.24) is 5.32 Å². The molecule has 1 nitrogen and oxygen atoms in total. The molecule has 0 saturated heterocycles. The molecule has 0 amide bonds. The lowest BCUT2D eigenvalue weighted by molar-refractivity contribution is 0.432. The van der Waals surface area contributed by atoms with Crippen molar-refractivity contribution in [3.05, 3.63) is 35.1 Å². The van der Waals surface area contributed by atoms with Gasteiger partial charge in [-0.3, -0.25) is 0 Å². The van der Waals surface area contributed by atoms with Gasteiger partial charge in [-0.1, -0.05) is 6.07 Å². The molecule has 0 aliphatic carbocycles. The Morgan fingerprint density at radius 1 is 1.15 bits per heavy atom. The highest BCUT2D eigenvalue weighted by molar-refractivity contribution is 5.22. The molecule has 0 aliphatic rings. The molecule has 1 atom stereocenters. The standard InChI is InChI=1S/C9H10F3N/c1-5(13-2)6-3-4-7(10)9(12)8(6)11/h3-5,13H,1-2H3/t5-/m0/s1. The van der Waals surface area contributed by atoms with Crippen LogP contribution in [0.3, 0.4) is 0 Å². The SMILES string of the molecule is CN[C@@H](C)c1ccc(F)c(F)c1F. The summed E-state index contributed by atoms with van der Waals surface area (Å²) in [4.78, 5) is 0. The molecule has 0 radical (unpaired) electrons. The summed E-state index contributed by atoms with van der Waals surface area (Å²) >= 11 is 0. The van der Waals surface area contributed by atoms with Crippen LogP contribution < -0.4 is 5.32 Å². The molecule has 72 valence electrons. The zero-order valence-electron chi connectivity index (χ0n) is 7.37. The molecule has 0 fully saturated rings. The van der Waals surface area contributed by atoms with Crippen molar-refractivity contribution >= 4 is 0 Å². The van der Waals surface area contributed by atoms with Crippen LogP contribution in [0.15, 0.2) is 12.1 Å². The number of hydrogen-bond donors (Lipinski definition) is 1. The maximum atomic E-state index is 13.0. The van der Waals surface area contributed by atoms with E-state index in [4.69, 9.17) is 0 Å². The van der Waals surface area contributed by atoms with Crippen molar-refractivity contribution in [3.63, 3.8) is 0 Å². The number of rotatable bonds is 2. The number of benzene rings is 1. The largest absolute Gasteiger partial charge is 0.313 e. The van der Waals surface area contributed by atoms with Crippen LogP contribution in [0.25, 0.3) is 0 Å². The van der Waals surface area contributed by atoms with E-state index in [2.05, 4.69) is 5.32 Å². The number of halogens is 3. The van der Waals surface area contributed by atoms with Gasteiger partial charge in [0.05, 0.1) is 0 Å². The van der Waals surface area contributed by atoms with Gasteiger partial charge >= 0.3 is 0 Å². The average molecular weight is 189 g/mol.